The van der Waals surface area contributed by atoms with Gasteiger partial charge in [0.25, 0.3) is 0 Å². The summed E-state index contributed by atoms with van der Waals surface area (Å²) < 4.78 is 5.56. The lowest BCUT2D eigenvalue weighted by molar-refractivity contribution is 0.152. The monoisotopic (exact) mass is 277 g/mol. The Balaban J connectivity index is 2.23. The molecule has 1 aliphatic heterocycles. The number of pyridine rings is 1. The number of hydrogen-bond acceptors (Lipinski definition) is 4. The normalized spacial score (nSPS) is 16.2. The summed E-state index contributed by atoms with van der Waals surface area (Å²) in [5, 5.41) is 3.51. The minimum absolute atomic E-state index is 0.802. The van der Waals surface area contributed by atoms with Gasteiger partial charge in [0.2, 0.25) is 0 Å². The van der Waals surface area contributed by atoms with Crippen molar-refractivity contribution in [2.75, 3.05) is 37.7 Å². The number of aromatic nitrogens is 1. The van der Waals surface area contributed by atoms with E-state index in [2.05, 4.69) is 37.1 Å². The number of aryl methyl sites for hydroxylation is 2. The minimum atomic E-state index is 0.802. The summed E-state index contributed by atoms with van der Waals surface area (Å²) in [6.07, 6.45) is 2.24. The quantitative estimate of drug-likeness (QED) is 0.839. The Morgan fingerprint density at radius 3 is 2.95 bits per heavy atom. The number of ether oxygens (including phenoxy) is 1. The average molecular weight is 277 g/mol. The predicted octanol–water partition coefficient (Wildman–Crippen LogP) is 2.42. The lowest BCUT2D eigenvalue weighted by Gasteiger charge is -2.25. The molecular formula is C16H27N3O. The molecule has 0 amide bonds. The molecule has 20 heavy (non-hydrogen) atoms. The third-order valence-corrected chi connectivity index (χ3v) is 3.70. The zero-order chi connectivity index (χ0) is 14.4. The first kappa shape index (κ1) is 15.3. The van der Waals surface area contributed by atoms with Crippen molar-refractivity contribution < 1.29 is 4.74 Å². The third kappa shape index (κ3) is 3.93. The SMILES string of the molecule is CCCNCc1c(C)cc(C)nc1N1CCCOCC1. The van der Waals surface area contributed by atoms with Gasteiger partial charge in [-0.3, -0.25) is 0 Å². The maximum atomic E-state index is 5.56. The van der Waals surface area contributed by atoms with Crippen molar-refractivity contribution in [3.05, 3.63) is 22.9 Å². The molecule has 1 N–H and O–H groups in total. The van der Waals surface area contributed by atoms with Crippen LogP contribution in [0.5, 0.6) is 0 Å². The van der Waals surface area contributed by atoms with Crippen LogP contribution in [0.2, 0.25) is 0 Å². The molecule has 1 aromatic heterocycles. The first-order valence-electron chi connectivity index (χ1n) is 7.73. The molecule has 1 fully saturated rings. The molecule has 0 radical (unpaired) electrons. The Hall–Kier alpha value is -1.13. The molecule has 2 heterocycles. The molecule has 0 spiro atoms. The van der Waals surface area contributed by atoms with E-state index >= 15 is 0 Å². The first-order valence-corrected chi connectivity index (χ1v) is 7.73. The van der Waals surface area contributed by atoms with Crippen molar-refractivity contribution in [2.45, 2.75) is 40.2 Å². The molecule has 0 unspecified atom stereocenters. The van der Waals surface area contributed by atoms with Gasteiger partial charge in [-0.1, -0.05) is 6.92 Å². The Morgan fingerprint density at radius 1 is 1.30 bits per heavy atom. The molecule has 0 atom stereocenters. The zero-order valence-corrected chi connectivity index (χ0v) is 13.0. The molecule has 0 bridgehead atoms. The van der Waals surface area contributed by atoms with Gasteiger partial charge in [0, 0.05) is 37.5 Å². The maximum Gasteiger partial charge on any atom is 0.133 e. The van der Waals surface area contributed by atoms with Crippen molar-refractivity contribution in [3.8, 4) is 0 Å². The van der Waals surface area contributed by atoms with E-state index in [9.17, 15) is 0 Å². The van der Waals surface area contributed by atoms with Crippen LogP contribution < -0.4 is 10.2 Å². The van der Waals surface area contributed by atoms with Gasteiger partial charge in [0.1, 0.15) is 5.82 Å². The van der Waals surface area contributed by atoms with Crippen LogP contribution in [0.25, 0.3) is 0 Å². The summed E-state index contributed by atoms with van der Waals surface area (Å²) in [5.41, 5.74) is 3.77. The van der Waals surface area contributed by atoms with Crippen LogP contribution in [-0.2, 0) is 11.3 Å². The molecular weight excluding hydrogens is 250 g/mol. The summed E-state index contributed by atoms with van der Waals surface area (Å²) in [7, 11) is 0. The Labute approximate surface area is 122 Å². The van der Waals surface area contributed by atoms with Gasteiger partial charge in [0.15, 0.2) is 0 Å². The molecule has 0 saturated carbocycles. The number of anilines is 1. The number of nitrogens with one attached hydrogen (secondary N) is 1. The van der Waals surface area contributed by atoms with E-state index in [1.54, 1.807) is 0 Å². The molecule has 4 heteroatoms. The smallest absolute Gasteiger partial charge is 0.133 e. The Kier molecular flexibility index (Phi) is 5.80. The Bertz CT molecular complexity index is 426. The zero-order valence-electron chi connectivity index (χ0n) is 13.0. The van der Waals surface area contributed by atoms with E-state index < -0.39 is 0 Å². The summed E-state index contributed by atoms with van der Waals surface area (Å²) in [4.78, 5) is 7.19. The van der Waals surface area contributed by atoms with E-state index in [-0.39, 0.29) is 0 Å². The second-order valence-electron chi connectivity index (χ2n) is 5.51. The van der Waals surface area contributed by atoms with Crippen LogP contribution in [0.4, 0.5) is 5.82 Å². The van der Waals surface area contributed by atoms with E-state index in [0.717, 1.165) is 63.7 Å². The van der Waals surface area contributed by atoms with E-state index in [1.165, 1.54) is 11.1 Å². The van der Waals surface area contributed by atoms with Gasteiger partial charge in [-0.25, -0.2) is 4.98 Å². The molecule has 1 saturated heterocycles. The van der Waals surface area contributed by atoms with Crippen LogP contribution in [0.15, 0.2) is 6.07 Å². The molecule has 4 nitrogen and oxygen atoms in total. The van der Waals surface area contributed by atoms with Crippen LogP contribution in [0.1, 0.15) is 36.6 Å². The van der Waals surface area contributed by atoms with Crippen LogP contribution >= 0.6 is 0 Å². The van der Waals surface area contributed by atoms with Gasteiger partial charge in [-0.2, -0.15) is 0 Å². The largest absolute Gasteiger partial charge is 0.380 e. The number of rotatable bonds is 5. The van der Waals surface area contributed by atoms with Crippen molar-refractivity contribution >= 4 is 5.82 Å². The highest BCUT2D eigenvalue weighted by atomic mass is 16.5. The lowest BCUT2D eigenvalue weighted by Crippen LogP contribution is -2.29. The summed E-state index contributed by atoms with van der Waals surface area (Å²) in [6, 6.07) is 2.18. The predicted molar refractivity (Wildman–Crippen MR) is 83.4 cm³/mol. The van der Waals surface area contributed by atoms with E-state index in [1.807, 2.05) is 0 Å². The molecule has 1 aliphatic rings. The van der Waals surface area contributed by atoms with E-state index in [0.29, 0.717) is 0 Å². The highest BCUT2D eigenvalue weighted by Gasteiger charge is 2.17. The molecule has 0 aromatic carbocycles. The maximum absolute atomic E-state index is 5.56. The van der Waals surface area contributed by atoms with Crippen LogP contribution in [0.3, 0.4) is 0 Å². The van der Waals surface area contributed by atoms with E-state index in [4.69, 9.17) is 9.72 Å². The minimum Gasteiger partial charge on any atom is -0.380 e. The number of nitrogens with zero attached hydrogens (tertiary/aromatic N) is 2. The van der Waals surface area contributed by atoms with Crippen LogP contribution in [0, 0.1) is 13.8 Å². The number of hydrogen-bond donors (Lipinski definition) is 1. The fourth-order valence-corrected chi connectivity index (χ4v) is 2.67. The second kappa shape index (κ2) is 7.60. The van der Waals surface area contributed by atoms with Crippen LogP contribution in [-0.4, -0.2) is 37.8 Å². The third-order valence-electron chi connectivity index (χ3n) is 3.70. The molecule has 2 rings (SSSR count). The fourth-order valence-electron chi connectivity index (χ4n) is 2.67. The van der Waals surface area contributed by atoms with Gasteiger partial charge < -0.3 is 15.0 Å². The van der Waals surface area contributed by atoms with Gasteiger partial charge >= 0.3 is 0 Å². The Morgan fingerprint density at radius 2 is 2.15 bits per heavy atom. The molecule has 1 aromatic rings. The molecule has 112 valence electrons. The first-order chi connectivity index (χ1) is 9.72. The van der Waals surface area contributed by atoms with Gasteiger partial charge in [-0.15, -0.1) is 0 Å². The molecule has 0 aliphatic carbocycles. The summed E-state index contributed by atoms with van der Waals surface area (Å²) >= 11 is 0. The fraction of sp³-hybridized carbons (Fsp3) is 0.688. The lowest BCUT2D eigenvalue weighted by atomic mass is 10.1. The van der Waals surface area contributed by atoms with Crippen molar-refractivity contribution in [1.82, 2.24) is 10.3 Å². The highest BCUT2D eigenvalue weighted by molar-refractivity contribution is 5.51. The van der Waals surface area contributed by atoms with Gasteiger partial charge in [0.05, 0.1) is 6.61 Å². The summed E-state index contributed by atoms with van der Waals surface area (Å²) in [5.74, 6) is 1.15. The topological polar surface area (TPSA) is 37.4 Å². The standard InChI is InChI=1S/C16H27N3O/c1-4-6-17-12-15-13(2)11-14(3)18-16(15)19-7-5-9-20-10-8-19/h11,17H,4-10,12H2,1-3H3. The van der Waals surface area contributed by atoms with Gasteiger partial charge in [-0.05, 0) is 44.9 Å². The summed E-state index contributed by atoms with van der Waals surface area (Å²) in [6.45, 7) is 12.1. The second-order valence-corrected chi connectivity index (χ2v) is 5.51. The highest BCUT2D eigenvalue weighted by Crippen LogP contribution is 2.23. The average Bonchev–Trinajstić information content (AvgIpc) is 2.69. The van der Waals surface area contributed by atoms with Crippen molar-refractivity contribution in [2.24, 2.45) is 0 Å². The van der Waals surface area contributed by atoms with Crippen molar-refractivity contribution in [3.63, 3.8) is 0 Å². The van der Waals surface area contributed by atoms with Crippen molar-refractivity contribution in [1.29, 1.82) is 0 Å².